The van der Waals surface area contributed by atoms with Crippen molar-refractivity contribution in [2.24, 2.45) is 5.92 Å². The van der Waals surface area contributed by atoms with Crippen molar-refractivity contribution in [2.45, 2.75) is 65.3 Å². The van der Waals surface area contributed by atoms with Gasteiger partial charge in [0.05, 0.1) is 17.5 Å². The SMILES string of the molecule is CC(C)(C)c1cc(NC(=O)C2CCN(c3oc(-c4ccco4)nc3C#N)CC2)n(C(C)(C)C)n1. The van der Waals surface area contributed by atoms with Gasteiger partial charge in [0.1, 0.15) is 11.9 Å². The molecule has 1 aliphatic rings. The molecule has 1 amide bonds. The number of hydrogen-bond acceptors (Lipinski definition) is 7. The van der Waals surface area contributed by atoms with Crippen molar-refractivity contribution in [3.8, 4) is 17.7 Å². The fourth-order valence-corrected chi connectivity index (χ4v) is 4.03. The second kappa shape index (κ2) is 8.67. The lowest BCUT2D eigenvalue weighted by Gasteiger charge is -2.31. The number of carbonyl (C=O) groups excluding carboxylic acids is 1. The van der Waals surface area contributed by atoms with Crippen LogP contribution in [0.1, 0.15) is 65.8 Å². The predicted octanol–water partition coefficient (Wildman–Crippen LogP) is 4.91. The number of anilines is 2. The molecule has 1 saturated heterocycles. The smallest absolute Gasteiger partial charge is 0.266 e. The van der Waals surface area contributed by atoms with E-state index in [1.54, 1.807) is 12.1 Å². The minimum atomic E-state index is -0.263. The molecule has 0 aromatic carbocycles. The summed E-state index contributed by atoms with van der Waals surface area (Å²) in [6.45, 7) is 13.7. The van der Waals surface area contributed by atoms with Gasteiger partial charge in [-0.2, -0.15) is 15.3 Å². The number of aromatic nitrogens is 3. The lowest BCUT2D eigenvalue weighted by Crippen LogP contribution is -2.39. The van der Waals surface area contributed by atoms with Gasteiger partial charge in [-0.05, 0) is 45.7 Å². The van der Waals surface area contributed by atoms with E-state index in [0.717, 1.165) is 11.5 Å². The summed E-state index contributed by atoms with van der Waals surface area (Å²) < 4.78 is 13.1. The van der Waals surface area contributed by atoms with E-state index >= 15 is 0 Å². The molecule has 0 aliphatic carbocycles. The van der Waals surface area contributed by atoms with Gasteiger partial charge in [-0.1, -0.05) is 20.8 Å². The van der Waals surface area contributed by atoms with Gasteiger partial charge in [-0.25, -0.2) is 4.68 Å². The number of amides is 1. The van der Waals surface area contributed by atoms with Gasteiger partial charge in [0.15, 0.2) is 5.76 Å². The molecule has 0 atom stereocenters. The molecule has 180 valence electrons. The molecule has 0 bridgehead atoms. The van der Waals surface area contributed by atoms with Crippen molar-refractivity contribution in [1.29, 1.82) is 5.26 Å². The number of nitriles is 1. The molecule has 3 aromatic rings. The summed E-state index contributed by atoms with van der Waals surface area (Å²) in [4.78, 5) is 19.4. The Morgan fingerprint density at radius 1 is 1.21 bits per heavy atom. The topological polar surface area (TPSA) is 113 Å². The van der Waals surface area contributed by atoms with Crippen molar-refractivity contribution >= 4 is 17.6 Å². The second-order valence-electron chi connectivity index (χ2n) is 10.8. The number of rotatable bonds is 4. The van der Waals surface area contributed by atoms with Crippen LogP contribution in [0.5, 0.6) is 0 Å². The van der Waals surface area contributed by atoms with Crippen molar-refractivity contribution in [3.63, 3.8) is 0 Å². The Morgan fingerprint density at radius 3 is 2.47 bits per heavy atom. The Hall–Kier alpha value is -3.54. The van der Waals surface area contributed by atoms with Crippen LogP contribution >= 0.6 is 0 Å². The number of oxazole rings is 1. The zero-order valence-corrected chi connectivity index (χ0v) is 20.7. The number of piperidine rings is 1. The highest BCUT2D eigenvalue weighted by Gasteiger charge is 2.31. The van der Waals surface area contributed by atoms with Crippen LogP contribution in [-0.2, 0) is 15.7 Å². The third kappa shape index (κ3) is 4.72. The predicted molar refractivity (Wildman–Crippen MR) is 128 cm³/mol. The Morgan fingerprint density at radius 2 is 1.91 bits per heavy atom. The van der Waals surface area contributed by atoms with Gasteiger partial charge in [0.2, 0.25) is 17.5 Å². The molecule has 0 spiro atoms. The fourth-order valence-electron chi connectivity index (χ4n) is 4.03. The highest BCUT2D eigenvalue weighted by atomic mass is 16.4. The van der Waals surface area contributed by atoms with Crippen LogP contribution in [0.15, 0.2) is 33.3 Å². The molecule has 1 fully saturated rings. The summed E-state index contributed by atoms with van der Waals surface area (Å²) >= 11 is 0. The minimum Gasteiger partial charge on any atom is -0.459 e. The Labute approximate surface area is 199 Å². The lowest BCUT2D eigenvalue weighted by molar-refractivity contribution is -0.120. The maximum absolute atomic E-state index is 13.2. The highest BCUT2D eigenvalue weighted by molar-refractivity contribution is 5.92. The standard InChI is InChI=1S/C25H32N6O3/c1-24(2,3)19-14-20(31(29-19)25(4,5)6)28-21(32)16-9-11-30(12-10-16)23-17(15-26)27-22(34-23)18-8-7-13-33-18/h7-8,13-14,16H,9-12H2,1-6H3,(H,28,32). The Bertz CT molecular complexity index is 1190. The van der Waals surface area contributed by atoms with Crippen LogP contribution in [0, 0.1) is 17.2 Å². The van der Waals surface area contributed by atoms with Crippen LogP contribution in [0.4, 0.5) is 11.7 Å². The molecule has 0 unspecified atom stereocenters. The first-order valence-corrected chi connectivity index (χ1v) is 11.6. The number of hydrogen-bond donors (Lipinski definition) is 1. The summed E-state index contributed by atoms with van der Waals surface area (Å²) in [5, 5.41) is 17.4. The largest absolute Gasteiger partial charge is 0.459 e. The molecule has 0 radical (unpaired) electrons. The van der Waals surface area contributed by atoms with Gasteiger partial charge in [0, 0.05) is 30.5 Å². The van der Waals surface area contributed by atoms with Crippen molar-refractivity contribution in [3.05, 3.63) is 35.9 Å². The van der Waals surface area contributed by atoms with Crippen LogP contribution in [0.25, 0.3) is 11.7 Å². The van der Waals surface area contributed by atoms with E-state index < -0.39 is 0 Å². The molecule has 3 aromatic heterocycles. The first-order chi connectivity index (χ1) is 16.0. The van der Waals surface area contributed by atoms with Gasteiger partial charge in [-0.15, -0.1) is 0 Å². The fraction of sp³-hybridized carbons (Fsp3) is 0.520. The zero-order chi connectivity index (χ0) is 24.7. The molecule has 4 rings (SSSR count). The third-order valence-corrected chi connectivity index (χ3v) is 5.96. The second-order valence-corrected chi connectivity index (χ2v) is 10.8. The van der Waals surface area contributed by atoms with E-state index in [1.807, 2.05) is 15.6 Å². The molecule has 9 nitrogen and oxygen atoms in total. The van der Waals surface area contributed by atoms with Crippen LogP contribution < -0.4 is 10.2 Å². The zero-order valence-electron chi connectivity index (χ0n) is 20.7. The molecule has 1 N–H and O–H groups in total. The highest BCUT2D eigenvalue weighted by Crippen LogP contribution is 2.32. The monoisotopic (exact) mass is 464 g/mol. The lowest BCUT2D eigenvalue weighted by atomic mass is 9.92. The van der Waals surface area contributed by atoms with Gasteiger partial charge in [-0.3, -0.25) is 4.79 Å². The summed E-state index contributed by atoms with van der Waals surface area (Å²) in [6, 6.07) is 7.55. The van der Waals surface area contributed by atoms with E-state index in [1.165, 1.54) is 6.26 Å². The normalized spacial score (nSPS) is 15.4. The summed E-state index contributed by atoms with van der Waals surface area (Å²) in [6.07, 6.45) is 2.82. The van der Waals surface area contributed by atoms with Gasteiger partial charge in [0.25, 0.3) is 5.89 Å². The Balaban J connectivity index is 1.45. The van der Waals surface area contributed by atoms with E-state index in [0.29, 0.717) is 37.6 Å². The maximum atomic E-state index is 13.2. The number of nitrogens with zero attached hydrogens (tertiary/aromatic N) is 5. The summed E-state index contributed by atoms with van der Waals surface area (Å²) in [5.74, 6) is 1.74. The number of carbonyl (C=O) groups is 1. The quantitative estimate of drug-likeness (QED) is 0.583. The van der Waals surface area contributed by atoms with E-state index in [4.69, 9.17) is 13.9 Å². The van der Waals surface area contributed by atoms with E-state index in [9.17, 15) is 10.1 Å². The number of furan rings is 1. The molecule has 0 saturated carbocycles. The maximum Gasteiger partial charge on any atom is 0.266 e. The first kappa shape index (κ1) is 23.6. The summed E-state index contributed by atoms with van der Waals surface area (Å²) in [7, 11) is 0. The number of nitrogens with one attached hydrogen (secondary N) is 1. The van der Waals surface area contributed by atoms with Crippen molar-refractivity contribution < 1.29 is 13.6 Å². The van der Waals surface area contributed by atoms with Crippen molar-refractivity contribution in [2.75, 3.05) is 23.3 Å². The molecular formula is C25H32N6O3. The molecule has 34 heavy (non-hydrogen) atoms. The van der Waals surface area contributed by atoms with E-state index in [-0.39, 0.29) is 34.4 Å². The van der Waals surface area contributed by atoms with Gasteiger partial charge >= 0.3 is 0 Å². The van der Waals surface area contributed by atoms with Crippen LogP contribution in [-0.4, -0.2) is 33.8 Å². The van der Waals surface area contributed by atoms with Crippen molar-refractivity contribution in [1.82, 2.24) is 14.8 Å². The Kier molecular flexibility index (Phi) is 6.02. The van der Waals surface area contributed by atoms with Crippen LogP contribution in [0.3, 0.4) is 0 Å². The molecule has 9 heteroatoms. The van der Waals surface area contributed by atoms with Crippen LogP contribution in [0.2, 0.25) is 0 Å². The summed E-state index contributed by atoms with van der Waals surface area (Å²) in [5.41, 5.74) is 0.777. The van der Waals surface area contributed by atoms with Gasteiger partial charge < -0.3 is 19.1 Å². The third-order valence-electron chi connectivity index (χ3n) is 5.96. The molecule has 1 aliphatic heterocycles. The average molecular weight is 465 g/mol. The first-order valence-electron chi connectivity index (χ1n) is 11.6. The molecule has 4 heterocycles. The van der Waals surface area contributed by atoms with E-state index in [2.05, 4.69) is 57.9 Å². The minimum absolute atomic E-state index is 0.0140. The molecular weight excluding hydrogens is 432 g/mol. The average Bonchev–Trinajstić information content (AvgIpc) is 3.51.